The predicted octanol–water partition coefficient (Wildman–Crippen LogP) is 1.98. The zero-order valence-corrected chi connectivity index (χ0v) is 11.8. The van der Waals surface area contributed by atoms with E-state index in [1.165, 1.54) is 6.42 Å². The molecule has 2 aromatic heterocycles. The summed E-state index contributed by atoms with van der Waals surface area (Å²) in [5.41, 5.74) is 0. The predicted molar refractivity (Wildman–Crippen MR) is 75.0 cm³/mol. The minimum Gasteiger partial charge on any atom is -0.419 e. The molecule has 6 heteroatoms. The van der Waals surface area contributed by atoms with Crippen molar-refractivity contribution >= 4 is 11.3 Å². The highest BCUT2D eigenvalue weighted by Gasteiger charge is 2.23. The highest BCUT2D eigenvalue weighted by molar-refractivity contribution is 7.13. The second kappa shape index (κ2) is 5.81. The molecular weight excluding hydrogens is 260 g/mol. The van der Waals surface area contributed by atoms with E-state index in [2.05, 4.69) is 27.3 Å². The van der Waals surface area contributed by atoms with Gasteiger partial charge in [-0.15, -0.1) is 21.5 Å². The number of nitrogens with zero attached hydrogens (tertiary/aromatic N) is 3. The van der Waals surface area contributed by atoms with Gasteiger partial charge in [-0.1, -0.05) is 13.0 Å². The molecule has 0 bridgehead atoms. The van der Waals surface area contributed by atoms with Gasteiger partial charge in [0.25, 0.3) is 5.89 Å². The molecule has 1 aliphatic heterocycles. The topological polar surface area (TPSA) is 54.2 Å². The summed E-state index contributed by atoms with van der Waals surface area (Å²) in [5, 5.41) is 13.7. The van der Waals surface area contributed by atoms with Crippen LogP contribution in [0.5, 0.6) is 0 Å². The van der Waals surface area contributed by atoms with Crippen molar-refractivity contribution in [3.63, 3.8) is 0 Å². The third-order valence-electron chi connectivity index (χ3n) is 3.49. The van der Waals surface area contributed by atoms with E-state index in [0.717, 1.165) is 31.1 Å². The molecule has 0 aliphatic carbocycles. The third-order valence-corrected chi connectivity index (χ3v) is 4.35. The highest BCUT2D eigenvalue weighted by atomic mass is 32.1. The molecule has 3 rings (SSSR count). The van der Waals surface area contributed by atoms with Gasteiger partial charge in [-0.3, -0.25) is 4.90 Å². The van der Waals surface area contributed by atoms with Gasteiger partial charge in [-0.2, -0.15) is 0 Å². The molecule has 1 atom stereocenters. The van der Waals surface area contributed by atoms with Crippen LogP contribution in [0.1, 0.15) is 19.2 Å². The normalized spacial score (nSPS) is 19.4. The Kier molecular flexibility index (Phi) is 3.91. The lowest BCUT2D eigenvalue weighted by Gasteiger charge is -2.24. The van der Waals surface area contributed by atoms with Gasteiger partial charge in [-0.25, -0.2) is 0 Å². The van der Waals surface area contributed by atoms with Gasteiger partial charge in [0.2, 0.25) is 5.89 Å². The van der Waals surface area contributed by atoms with Crippen LogP contribution in [-0.4, -0.2) is 40.8 Å². The maximum atomic E-state index is 5.75. The Balaban J connectivity index is 1.68. The molecule has 1 aliphatic rings. The van der Waals surface area contributed by atoms with Crippen LogP contribution in [0.25, 0.3) is 10.8 Å². The maximum Gasteiger partial charge on any atom is 0.257 e. The van der Waals surface area contributed by atoms with Crippen molar-refractivity contribution in [1.82, 2.24) is 20.4 Å². The van der Waals surface area contributed by atoms with Crippen molar-refractivity contribution in [2.24, 2.45) is 0 Å². The highest BCUT2D eigenvalue weighted by Crippen LogP contribution is 2.23. The van der Waals surface area contributed by atoms with Gasteiger partial charge in [0.1, 0.15) is 0 Å². The fourth-order valence-corrected chi connectivity index (χ4v) is 3.09. The van der Waals surface area contributed by atoms with E-state index in [0.29, 0.717) is 17.8 Å². The first-order valence-corrected chi connectivity index (χ1v) is 7.56. The first-order valence-electron chi connectivity index (χ1n) is 6.68. The standard InChI is InChI=1S/C13H18N4OS/c1-2-17(10-5-6-14-8-10)9-12-15-16-13(18-12)11-4-3-7-19-11/h3-4,7,10,14H,2,5-6,8-9H2,1H3. The van der Waals surface area contributed by atoms with Gasteiger partial charge in [0.15, 0.2) is 0 Å². The van der Waals surface area contributed by atoms with Crippen LogP contribution in [0.4, 0.5) is 0 Å². The SMILES string of the molecule is CCN(Cc1nnc(-c2cccs2)o1)C1CCNC1. The minimum absolute atomic E-state index is 0.585. The number of hydrogen-bond acceptors (Lipinski definition) is 6. The zero-order valence-electron chi connectivity index (χ0n) is 11.0. The van der Waals surface area contributed by atoms with Crippen molar-refractivity contribution in [1.29, 1.82) is 0 Å². The summed E-state index contributed by atoms with van der Waals surface area (Å²) < 4.78 is 5.75. The lowest BCUT2D eigenvalue weighted by atomic mass is 10.2. The molecule has 102 valence electrons. The van der Waals surface area contributed by atoms with E-state index in [9.17, 15) is 0 Å². The quantitative estimate of drug-likeness (QED) is 0.906. The Morgan fingerprint density at radius 2 is 2.47 bits per heavy atom. The largest absolute Gasteiger partial charge is 0.419 e. The monoisotopic (exact) mass is 278 g/mol. The number of aromatic nitrogens is 2. The Hall–Kier alpha value is -1.24. The van der Waals surface area contributed by atoms with E-state index >= 15 is 0 Å². The number of thiophene rings is 1. The van der Waals surface area contributed by atoms with Crippen LogP contribution in [0.2, 0.25) is 0 Å². The van der Waals surface area contributed by atoms with Crippen LogP contribution in [0.15, 0.2) is 21.9 Å². The van der Waals surface area contributed by atoms with E-state index in [-0.39, 0.29) is 0 Å². The molecule has 5 nitrogen and oxygen atoms in total. The molecular formula is C13H18N4OS. The smallest absolute Gasteiger partial charge is 0.257 e. The van der Waals surface area contributed by atoms with Crippen LogP contribution < -0.4 is 5.32 Å². The summed E-state index contributed by atoms with van der Waals surface area (Å²) >= 11 is 1.62. The molecule has 2 aromatic rings. The third kappa shape index (κ3) is 2.86. The molecule has 0 amide bonds. The summed E-state index contributed by atoms with van der Waals surface area (Å²) in [6.45, 7) is 6.07. The number of nitrogens with one attached hydrogen (secondary N) is 1. The van der Waals surface area contributed by atoms with Crippen LogP contribution in [0.3, 0.4) is 0 Å². The first-order chi connectivity index (χ1) is 9.36. The molecule has 1 unspecified atom stereocenters. The lowest BCUT2D eigenvalue weighted by molar-refractivity contribution is 0.191. The maximum absolute atomic E-state index is 5.75. The molecule has 19 heavy (non-hydrogen) atoms. The average molecular weight is 278 g/mol. The summed E-state index contributed by atoms with van der Waals surface area (Å²) in [6.07, 6.45) is 1.19. The Morgan fingerprint density at radius 3 is 3.16 bits per heavy atom. The van der Waals surface area contributed by atoms with Crippen molar-refractivity contribution in [2.75, 3.05) is 19.6 Å². The van der Waals surface area contributed by atoms with Crippen LogP contribution in [-0.2, 0) is 6.54 Å². The molecule has 1 N–H and O–H groups in total. The second-order valence-electron chi connectivity index (χ2n) is 4.69. The Bertz CT molecular complexity index is 504. The van der Waals surface area contributed by atoms with Gasteiger partial charge in [0, 0.05) is 12.6 Å². The summed E-state index contributed by atoms with van der Waals surface area (Å²) in [6, 6.07) is 4.58. The van der Waals surface area contributed by atoms with Crippen molar-refractivity contribution in [3.8, 4) is 10.8 Å². The number of hydrogen-bond donors (Lipinski definition) is 1. The second-order valence-corrected chi connectivity index (χ2v) is 5.64. The van der Waals surface area contributed by atoms with Gasteiger partial charge in [-0.05, 0) is 31.0 Å². The Morgan fingerprint density at radius 1 is 1.53 bits per heavy atom. The number of rotatable bonds is 5. The zero-order chi connectivity index (χ0) is 13.1. The molecule has 3 heterocycles. The van der Waals surface area contributed by atoms with E-state index in [1.54, 1.807) is 11.3 Å². The fourth-order valence-electron chi connectivity index (χ4n) is 2.44. The van der Waals surface area contributed by atoms with Crippen LogP contribution >= 0.6 is 11.3 Å². The number of likely N-dealkylation sites (N-methyl/N-ethyl adjacent to an activating group) is 1. The van der Waals surface area contributed by atoms with E-state index in [4.69, 9.17) is 4.42 Å². The van der Waals surface area contributed by atoms with Crippen molar-refractivity contribution < 1.29 is 4.42 Å². The van der Waals surface area contributed by atoms with Gasteiger partial charge in [0.05, 0.1) is 11.4 Å². The van der Waals surface area contributed by atoms with Crippen molar-refractivity contribution in [3.05, 3.63) is 23.4 Å². The lowest BCUT2D eigenvalue weighted by Crippen LogP contribution is -2.36. The van der Waals surface area contributed by atoms with Gasteiger partial charge >= 0.3 is 0 Å². The van der Waals surface area contributed by atoms with E-state index < -0.39 is 0 Å². The molecule has 1 fully saturated rings. The molecule has 0 saturated carbocycles. The van der Waals surface area contributed by atoms with Gasteiger partial charge < -0.3 is 9.73 Å². The van der Waals surface area contributed by atoms with Crippen molar-refractivity contribution in [2.45, 2.75) is 25.9 Å². The summed E-state index contributed by atoms with van der Waals surface area (Å²) in [5.74, 6) is 1.34. The molecule has 0 radical (unpaired) electrons. The average Bonchev–Trinajstić information content (AvgIpc) is 3.15. The van der Waals surface area contributed by atoms with E-state index in [1.807, 2.05) is 17.5 Å². The van der Waals surface area contributed by atoms with Crippen LogP contribution in [0, 0.1) is 0 Å². The molecule has 0 aromatic carbocycles. The molecule has 0 spiro atoms. The summed E-state index contributed by atoms with van der Waals surface area (Å²) in [4.78, 5) is 3.43. The summed E-state index contributed by atoms with van der Waals surface area (Å²) in [7, 11) is 0. The Labute approximate surface area is 116 Å². The molecule has 1 saturated heterocycles. The fraction of sp³-hybridized carbons (Fsp3) is 0.538. The minimum atomic E-state index is 0.585. The first kappa shape index (κ1) is 12.8.